The average Bonchev–Trinajstić information content (AvgIpc) is 3.09. The van der Waals surface area contributed by atoms with E-state index in [1.807, 2.05) is 41.5 Å². The van der Waals surface area contributed by atoms with Gasteiger partial charge >= 0.3 is 11.9 Å². The third-order valence-corrected chi connectivity index (χ3v) is 4.18. The van der Waals surface area contributed by atoms with Crippen LogP contribution in [0.3, 0.4) is 0 Å². The monoisotopic (exact) mass is 350 g/mol. The number of fused-ring (bicyclic) bond motifs is 1. The molecule has 1 saturated carbocycles. The summed E-state index contributed by atoms with van der Waals surface area (Å²) in [7, 11) is 0. The van der Waals surface area contributed by atoms with Gasteiger partial charge < -0.3 is 14.2 Å². The van der Waals surface area contributed by atoms with Crippen molar-refractivity contribution in [2.24, 2.45) is 0 Å². The van der Waals surface area contributed by atoms with Gasteiger partial charge in [0, 0.05) is 12.2 Å². The minimum atomic E-state index is -0.524. The van der Waals surface area contributed by atoms with Crippen LogP contribution < -0.4 is 0 Å². The molecule has 0 amide bonds. The number of rotatable bonds is 4. The number of esters is 2. The topological polar surface area (TPSA) is 65.1 Å². The van der Waals surface area contributed by atoms with Crippen LogP contribution in [0.15, 0.2) is 24.3 Å². The van der Waals surface area contributed by atoms with Crippen molar-refractivity contribution in [1.82, 2.24) is 0 Å². The molecule has 0 radical (unpaired) electrons. The Morgan fingerprint density at radius 2 is 1.16 bits per heavy atom. The second-order valence-electron chi connectivity index (χ2n) is 8.82. The zero-order chi connectivity index (χ0) is 18.9. The SMILES string of the molecule is CC(C)(C)OC(=O)/C=C/C12CCCCC1(/C=C/C(=O)OC(C)(C)C)O2. The molecule has 2 unspecified atom stereocenters. The summed E-state index contributed by atoms with van der Waals surface area (Å²) in [4.78, 5) is 23.9. The minimum absolute atomic E-state index is 0.382. The van der Waals surface area contributed by atoms with E-state index >= 15 is 0 Å². The van der Waals surface area contributed by atoms with Crippen LogP contribution in [-0.4, -0.2) is 34.3 Å². The lowest BCUT2D eigenvalue weighted by Gasteiger charge is -2.21. The summed E-state index contributed by atoms with van der Waals surface area (Å²) >= 11 is 0. The molecule has 140 valence electrons. The first-order valence-corrected chi connectivity index (χ1v) is 8.91. The Bertz CT molecular complexity index is 538. The van der Waals surface area contributed by atoms with Crippen LogP contribution in [0.25, 0.3) is 0 Å². The molecule has 1 saturated heterocycles. The van der Waals surface area contributed by atoms with Gasteiger partial charge in [-0.05, 0) is 79.4 Å². The first-order valence-electron chi connectivity index (χ1n) is 8.91. The van der Waals surface area contributed by atoms with Crippen LogP contribution in [0.4, 0.5) is 0 Å². The van der Waals surface area contributed by atoms with Crippen molar-refractivity contribution >= 4 is 11.9 Å². The third-order valence-electron chi connectivity index (χ3n) is 4.18. The highest BCUT2D eigenvalue weighted by atomic mass is 16.6. The molecule has 1 aliphatic heterocycles. The van der Waals surface area contributed by atoms with Gasteiger partial charge in [-0.15, -0.1) is 0 Å². The normalized spacial score (nSPS) is 29.5. The van der Waals surface area contributed by atoms with Gasteiger partial charge in [-0.25, -0.2) is 9.59 Å². The van der Waals surface area contributed by atoms with Gasteiger partial charge in [0.1, 0.15) is 22.4 Å². The summed E-state index contributed by atoms with van der Waals surface area (Å²) in [5.41, 5.74) is -2.07. The molecule has 0 N–H and O–H groups in total. The quantitative estimate of drug-likeness (QED) is 0.437. The Balaban J connectivity index is 2.05. The highest BCUT2D eigenvalue weighted by Gasteiger charge is 2.67. The molecular formula is C20H30O5. The van der Waals surface area contributed by atoms with Crippen LogP contribution in [0, 0.1) is 0 Å². The minimum Gasteiger partial charge on any atom is -0.457 e. The molecule has 5 nitrogen and oxygen atoms in total. The third kappa shape index (κ3) is 5.18. The van der Waals surface area contributed by atoms with Crippen molar-refractivity contribution in [2.75, 3.05) is 0 Å². The summed E-state index contributed by atoms with van der Waals surface area (Å²) in [6, 6.07) is 0. The van der Waals surface area contributed by atoms with Gasteiger partial charge in [-0.2, -0.15) is 0 Å². The van der Waals surface area contributed by atoms with Crippen LogP contribution >= 0.6 is 0 Å². The molecule has 0 aromatic rings. The predicted octanol–water partition coefficient (Wildman–Crippen LogP) is 3.86. The summed E-state index contributed by atoms with van der Waals surface area (Å²) in [6.07, 6.45) is 10.2. The molecule has 1 heterocycles. The van der Waals surface area contributed by atoms with Crippen LogP contribution in [0.2, 0.25) is 0 Å². The standard InChI is InChI=1S/C20H30O5/c1-17(2,3)23-15(21)9-13-19-11-7-8-12-20(19,25-19)14-10-16(22)24-18(4,5)6/h9-10,13-14H,7-8,11-12H2,1-6H3/b13-9+,14-10+. The van der Waals surface area contributed by atoms with E-state index < -0.39 is 22.4 Å². The molecule has 2 aliphatic rings. The Labute approximate surface area is 150 Å². The Morgan fingerprint density at radius 1 is 0.800 bits per heavy atom. The molecule has 5 heteroatoms. The van der Waals surface area contributed by atoms with Gasteiger partial charge in [-0.3, -0.25) is 0 Å². The van der Waals surface area contributed by atoms with E-state index in [1.165, 1.54) is 12.2 Å². The van der Waals surface area contributed by atoms with Gasteiger partial charge in [0.05, 0.1) is 0 Å². The Morgan fingerprint density at radius 3 is 1.48 bits per heavy atom. The van der Waals surface area contributed by atoms with Crippen LogP contribution in [0.5, 0.6) is 0 Å². The molecule has 25 heavy (non-hydrogen) atoms. The fraction of sp³-hybridized carbons (Fsp3) is 0.700. The second kappa shape index (κ2) is 6.60. The summed E-state index contributed by atoms with van der Waals surface area (Å²) in [5, 5.41) is 0. The largest absolute Gasteiger partial charge is 0.457 e. The van der Waals surface area contributed by atoms with Gasteiger partial charge in [0.2, 0.25) is 0 Å². The first kappa shape index (κ1) is 19.7. The number of carbonyl (C=O) groups is 2. The van der Waals surface area contributed by atoms with Crippen molar-refractivity contribution in [2.45, 2.75) is 89.6 Å². The van der Waals surface area contributed by atoms with E-state index in [9.17, 15) is 9.59 Å². The molecule has 0 bridgehead atoms. The lowest BCUT2D eigenvalue weighted by Crippen LogP contribution is -2.28. The van der Waals surface area contributed by atoms with Crippen molar-refractivity contribution in [3.63, 3.8) is 0 Å². The lowest BCUT2D eigenvalue weighted by atomic mass is 9.79. The van der Waals surface area contributed by atoms with E-state index in [0.717, 1.165) is 25.7 Å². The van der Waals surface area contributed by atoms with E-state index in [0.29, 0.717) is 0 Å². The zero-order valence-corrected chi connectivity index (χ0v) is 16.2. The molecule has 2 rings (SSSR count). The fourth-order valence-electron chi connectivity index (χ4n) is 3.19. The zero-order valence-electron chi connectivity index (χ0n) is 16.2. The average molecular weight is 350 g/mol. The van der Waals surface area contributed by atoms with Crippen LogP contribution in [0.1, 0.15) is 67.2 Å². The number of hydrogen-bond donors (Lipinski definition) is 0. The summed E-state index contributed by atoms with van der Waals surface area (Å²) in [5.74, 6) is -0.763. The smallest absolute Gasteiger partial charge is 0.331 e. The van der Waals surface area contributed by atoms with Gasteiger partial charge in [0.15, 0.2) is 0 Å². The Kier molecular flexibility index (Phi) is 5.20. The maximum Gasteiger partial charge on any atom is 0.331 e. The molecule has 0 aromatic heterocycles. The molecular weight excluding hydrogens is 320 g/mol. The van der Waals surface area contributed by atoms with E-state index in [2.05, 4.69) is 0 Å². The second-order valence-corrected chi connectivity index (χ2v) is 8.82. The van der Waals surface area contributed by atoms with Crippen molar-refractivity contribution in [3.8, 4) is 0 Å². The van der Waals surface area contributed by atoms with Crippen molar-refractivity contribution in [1.29, 1.82) is 0 Å². The maximum absolute atomic E-state index is 11.9. The summed E-state index contributed by atoms with van der Waals surface area (Å²) in [6.45, 7) is 11.0. The first-order chi connectivity index (χ1) is 11.4. The van der Waals surface area contributed by atoms with Crippen LogP contribution in [-0.2, 0) is 23.8 Å². The molecule has 0 spiro atoms. The van der Waals surface area contributed by atoms with Crippen molar-refractivity contribution in [3.05, 3.63) is 24.3 Å². The molecule has 2 fully saturated rings. The van der Waals surface area contributed by atoms with E-state index in [1.54, 1.807) is 12.2 Å². The highest BCUT2D eigenvalue weighted by Crippen LogP contribution is 2.59. The lowest BCUT2D eigenvalue weighted by molar-refractivity contribution is -0.149. The van der Waals surface area contributed by atoms with Gasteiger partial charge in [0.25, 0.3) is 0 Å². The number of hydrogen-bond acceptors (Lipinski definition) is 5. The number of carbonyl (C=O) groups excluding carboxylic acids is 2. The number of epoxide rings is 1. The molecule has 2 atom stereocenters. The van der Waals surface area contributed by atoms with E-state index in [4.69, 9.17) is 14.2 Å². The predicted molar refractivity (Wildman–Crippen MR) is 95.0 cm³/mol. The number of ether oxygens (including phenoxy) is 3. The fourth-order valence-corrected chi connectivity index (χ4v) is 3.19. The van der Waals surface area contributed by atoms with Crippen molar-refractivity contribution < 1.29 is 23.8 Å². The van der Waals surface area contributed by atoms with Gasteiger partial charge in [-0.1, -0.05) is 0 Å². The highest BCUT2D eigenvalue weighted by molar-refractivity contribution is 5.83. The van der Waals surface area contributed by atoms with E-state index in [-0.39, 0.29) is 11.9 Å². The Hall–Kier alpha value is -1.62. The maximum atomic E-state index is 11.9. The summed E-state index contributed by atoms with van der Waals surface area (Å²) < 4.78 is 16.6. The molecule has 1 aliphatic carbocycles. The molecule has 0 aromatic carbocycles.